The Morgan fingerprint density at radius 1 is 1.36 bits per heavy atom. The molecule has 0 spiro atoms. The molecule has 6 nitrogen and oxygen atoms in total. The van der Waals surface area contributed by atoms with E-state index in [0.717, 1.165) is 29.5 Å². The summed E-state index contributed by atoms with van der Waals surface area (Å²) in [5.41, 5.74) is 1.13. The fraction of sp³-hybridized carbons (Fsp3) is 0.450. The molecule has 0 amide bonds. The highest BCUT2D eigenvalue weighted by Crippen LogP contribution is 2.37. The number of ether oxygens (including phenoxy) is 1. The second kappa shape index (κ2) is 7.08. The molecule has 0 N–H and O–H groups in total. The standard InChI is InChI=1S/C20H20N2O4S2/c1-11-4-5-13-15(9-11)27-17-16(13)18(23)22(10-12-3-2-7-25-12)20(21-17)28-14-6-8-26-19(14)24/h2-3,7,11,14H,4-6,8-10H2,1H3/t11-,14-/m0/s1. The molecule has 2 aliphatic rings. The molecule has 1 aliphatic carbocycles. The molecule has 146 valence electrons. The zero-order valence-corrected chi connectivity index (χ0v) is 17.1. The van der Waals surface area contributed by atoms with Gasteiger partial charge in [0, 0.05) is 11.3 Å². The fourth-order valence-corrected chi connectivity index (χ4v) is 6.39. The number of carbonyl (C=O) groups excluding carboxylic acids is 1. The first-order valence-corrected chi connectivity index (χ1v) is 11.2. The lowest BCUT2D eigenvalue weighted by Gasteiger charge is -2.17. The lowest BCUT2D eigenvalue weighted by atomic mass is 9.89. The maximum atomic E-state index is 13.5. The zero-order valence-electron chi connectivity index (χ0n) is 15.5. The van der Waals surface area contributed by atoms with Gasteiger partial charge in [-0.15, -0.1) is 11.3 Å². The molecule has 1 saturated heterocycles. The van der Waals surface area contributed by atoms with Crippen molar-refractivity contribution in [1.82, 2.24) is 9.55 Å². The van der Waals surface area contributed by atoms with Gasteiger partial charge in [0.05, 0.1) is 24.8 Å². The molecule has 0 saturated carbocycles. The maximum absolute atomic E-state index is 13.5. The summed E-state index contributed by atoms with van der Waals surface area (Å²) in [6.07, 6.45) is 5.26. The molecular weight excluding hydrogens is 396 g/mol. The van der Waals surface area contributed by atoms with Gasteiger partial charge in [0.1, 0.15) is 15.8 Å². The van der Waals surface area contributed by atoms with Gasteiger partial charge in [0.2, 0.25) is 0 Å². The number of hydrogen-bond donors (Lipinski definition) is 0. The Balaban J connectivity index is 1.65. The van der Waals surface area contributed by atoms with Gasteiger partial charge in [-0.25, -0.2) is 4.98 Å². The van der Waals surface area contributed by atoms with Gasteiger partial charge in [0.25, 0.3) is 5.56 Å². The van der Waals surface area contributed by atoms with Crippen LogP contribution < -0.4 is 5.56 Å². The molecule has 3 aromatic rings. The summed E-state index contributed by atoms with van der Waals surface area (Å²) in [7, 11) is 0. The van der Waals surface area contributed by atoms with Gasteiger partial charge in [-0.1, -0.05) is 18.7 Å². The van der Waals surface area contributed by atoms with E-state index in [4.69, 9.17) is 14.1 Å². The molecule has 5 rings (SSSR count). The minimum atomic E-state index is -0.318. The van der Waals surface area contributed by atoms with Gasteiger partial charge < -0.3 is 9.15 Å². The Labute approximate surface area is 169 Å². The molecular formula is C20H20N2O4S2. The Morgan fingerprint density at radius 3 is 3.00 bits per heavy atom. The third kappa shape index (κ3) is 3.08. The number of cyclic esters (lactones) is 1. The number of esters is 1. The highest BCUT2D eigenvalue weighted by Gasteiger charge is 2.31. The zero-order chi connectivity index (χ0) is 19.3. The molecule has 3 aromatic heterocycles. The number of hydrogen-bond acceptors (Lipinski definition) is 7. The Kier molecular flexibility index (Phi) is 4.55. The number of rotatable bonds is 4. The number of thioether (sulfide) groups is 1. The molecule has 28 heavy (non-hydrogen) atoms. The summed E-state index contributed by atoms with van der Waals surface area (Å²) in [5.74, 6) is 1.09. The van der Waals surface area contributed by atoms with Gasteiger partial charge >= 0.3 is 5.97 Å². The van der Waals surface area contributed by atoms with Crippen molar-refractivity contribution in [2.24, 2.45) is 5.92 Å². The predicted molar refractivity (Wildman–Crippen MR) is 108 cm³/mol. The van der Waals surface area contributed by atoms with Crippen LogP contribution in [0.15, 0.2) is 32.8 Å². The van der Waals surface area contributed by atoms with E-state index in [1.165, 1.54) is 22.2 Å². The maximum Gasteiger partial charge on any atom is 0.319 e. The predicted octanol–water partition coefficient (Wildman–Crippen LogP) is 3.63. The third-order valence-electron chi connectivity index (χ3n) is 5.41. The summed E-state index contributed by atoms with van der Waals surface area (Å²) in [5, 5.41) is 0.989. The molecule has 0 unspecified atom stereocenters. The van der Waals surface area contributed by atoms with Gasteiger partial charge in [-0.3, -0.25) is 14.2 Å². The normalized spacial score (nSPS) is 21.8. The van der Waals surface area contributed by atoms with Crippen molar-refractivity contribution < 1.29 is 13.9 Å². The van der Waals surface area contributed by atoms with E-state index in [1.807, 2.05) is 6.07 Å². The van der Waals surface area contributed by atoms with Crippen molar-refractivity contribution in [2.75, 3.05) is 6.61 Å². The van der Waals surface area contributed by atoms with Crippen LogP contribution in [0.2, 0.25) is 0 Å². The van der Waals surface area contributed by atoms with Crippen LogP contribution in [0.3, 0.4) is 0 Å². The monoisotopic (exact) mass is 416 g/mol. The minimum absolute atomic E-state index is 0.0395. The molecule has 2 atom stereocenters. The number of aryl methyl sites for hydroxylation is 1. The lowest BCUT2D eigenvalue weighted by Crippen LogP contribution is -2.25. The fourth-order valence-electron chi connectivity index (χ4n) is 3.90. The number of aromatic nitrogens is 2. The van der Waals surface area contributed by atoms with Crippen LogP contribution in [0.4, 0.5) is 0 Å². The van der Waals surface area contributed by atoms with Crippen molar-refractivity contribution >= 4 is 39.3 Å². The third-order valence-corrected chi connectivity index (χ3v) is 7.79. The van der Waals surface area contributed by atoms with E-state index in [2.05, 4.69) is 6.92 Å². The van der Waals surface area contributed by atoms with Crippen molar-refractivity contribution in [3.05, 3.63) is 45.0 Å². The Morgan fingerprint density at radius 2 is 2.25 bits per heavy atom. The van der Waals surface area contributed by atoms with Gasteiger partial charge in [-0.2, -0.15) is 0 Å². The van der Waals surface area contributed by atoms with Crippen LogP contribution in [0.25, 0.3) is 10.2 Å². The van der Waals surface area contributed by atoms with Crippen molar-refractivity contribution in [3.63, 3.8) is 0 Å². The van der Waals surface area contributed by atoms with Gasteiger partial charge in [-0.05, 0) is 42.9 Å². The smallest absolute Gasteiger partial charge is 0.319 e. The second-order valence-electron chi connectivity index (χ2n) is 7.46. The van der Waals surface area contributed by atoms with E-state index in [9.17, 15) is 9.59 Å². The largest absolute Gasteiger partial charge is 0.467 e. The number of carbonyl (C=O) groups is 1. The van der Waals surface area contributed by atoms with Crippen LogP contribution in [0.1, 0.15) is 36.0 Å². The van der Waals surface area contributed by atoms with E-state index in [0.29, 0.717) is 36.4 Å². The van der Waals surface area contributed by atoms with E-state index < -0.39 is 0 Å². The van der Waals surface area contributed by atoms with Crippen LogP contribution in [0.5, 0.6) is 0 Å². The molecule has 8 heteroatoms. The summed E-state index contributed by atoms with van der Waals surface area (Å²) < 4.78 is 12.2. The number of nitrogens with zero attached hydrogens (tertiary/aromatic N) is 2. The molecule has 0 bridgehead atoms. The topological polar surface area (TPSA) is 74.3 Å². The first-order chi connectivity index (χ1) is 13.6. The number of furan rings is 1. The summed E-state index contributed by atoms with van der Waals surface area (Å²) >= 11 is 2.96. The van der Waals surface area contributed by atoms with E-state index in [-0.39, 0.29) is 16.8 Å². The van der Waals surface area contributed by atoms with Crippen LogP contribution in [0, 0.1) is 5.92 Å². The van der Waals surface area contributed by atoms with E-state index in [1.54, 1.807) is 28.2 Å². The van der Waals surface area contributed by atoms with Crippen molar-refractivity contribution in [1.29, 1.82) is 0 Å². The lowest BCUT2D eigenvalue weighted by molar-refractivity contribution is -0.137. The second-order valence-corrected chi connectivity index (χ2v) is 9.71. The average molecular weight is 417 g/mol. The molecule has 4 heterocycles. The molecule has 1 aliphatic heterocycles. The van der Waals surface area contributed by atoms with Crippen LogP contribution >= 0.6 is 23.1 Å². The minimum Gasteiger partial charge on any atom is -0.467 e. The van der Waals surface area contributed by atoms with Gasteiger partial charge in [0.15, 0.2) is 5.16 Å². The molecule has 0 aromatic carbocycles. The first-order valence-electron chi connectivity index (χ1n) is 9.51. The Bertz CT molecular complexity index is 1100. The number of fused-ring (bicyclic) bond motifs is 3. The number of thiophene rings is 1. The summed E-state index contributed by atoms with van der Waals surface area (Å²) in [4.78, 5) is 32.4. The van der Waals surface area contributed by atoms with Crippen LogP contribution in [-0.2, 0) is 28.9 Å². The quantitative estimate of drug-likeness (QED) is 0.478. The highest BCUT2D eigenvalue weighted by molar-refractivity contribution is 8.00. The highest BCUT2D eigenvalue weighted by atomic mass is 32.2. The van der Waals surface area contributed by atoms with Crippen molar-refractivity contribution in [3.8, 4) is 0 Å². The average Bonchev–Trinajstić information content (AvgIpc) is 3.39. The summed E-state index contributed by atoms with van der Waals surface area (Å²) in [6.45, 7) is 2.98. The molecule has 0 radical (unpaired) electrons. The first kappa shape index (κ1) is 18.0. The Hall–Kier alpha value is -2.06. The van der Waals surface area contributed by atoms with Crippen molar-refractivity contribution in [2.45, 2.75) is 49.6 Å². The van der Waals surface area contributed by atoms with Crippen LogP contribution in [-0.4, -0.2) is 27.4 Å². The SMILES string of the molecule is C[C@H]1CCc2c(sc3nc(S[C@H]4CCOC4=O)n(Cc4ccco4)c(=O)c23)C1. The molecule has 1 fully saturated rings. The summed E-state index contributed by atoms with van der Waals surface area (Å²) in [6, 6.07) is 3.65. The van der Waals surface area contributed by atoms with E-state index >= 15 is 0 Å².